The van der Waals surface area contributed by atoms with Crippen molar-refractivity contribution < 1.29 is 19.1 Å². The Kier molecular flexibility index (Phi) is 12.7. The average Bonchev–Trinajstić information content (AvgIpc) is 3.26. The Morgan fingerprint density at radius 2 is 0.871 bits per heavy atom. The third-order valence-corrected chi connectivity index (χ3v) is 12.7. The van der Waals surface area contributed by atoms with Crippen molar-refractivity contribution in [2.24, 2.45) is 0 Å². The van der Waals surface area contributed by atoms with Gasteiger partial charge in [-0.1, -0.05) is 92.1 Å². The number of hydrogen-bond acceptors (Lipinski definition) is 6. The first-order valence-corrected chi connectivity index (χ1v) is 21.6. The molecule has 6 heteroatoms. The van der Waals surface area contributed by atoms with Gasteiger partial charge in [-0.05, 0) is 161 Å². The van der Waals surface area contributed by atoms with E-state index in [0.717, 1.165) is 93.2 Å². The smallest absolute Gasteiger partial charge is 0.335 e. The molecule has 0 aliphatic heterocycles. The summed E-state index contributed by atoms with van der Waals surface area (Å²) in [6.45, 7) is 23.8. The van der Waals surface area contributed by atoms with Crippen LogP contribution in [0, 0.1) is 55.4 Å². The van der Waals surface area contributed by atoms with Gasteiger partial charge in [-0.3, -0.25) is 0 Å². The molecule has 6 aromatic carbocycles. The normalized spacial score (nSPS) is 13.2. The minimum atomic E-state index is -0.484. The number of carbonyl (C=O) groups is 2. The molecule has 6 aromatic rings. The average molecular weight is 823 g/mol. The summed E-state index contributed by atoms with van der Waals surface area (Å²) in [5, 5.41) is 0. The van der Waals surface area contributed by atoms with E-state index in [1.807, 2.05) is 39.8 Å². The van der Waals surface area contributed by atoms with Gasteiger partial charge in [-0.2, -0.15) is 0 Å². The van der Waals surface area contributed by atoms with Crippen LogP contribution >= 0.6 is 0 Å². The molecule has 0 N–H and O–H groups in total. The van der Waals surface area contributed by atoms with Crippen molar-refractivity contribution in [2.75, 3.05) is 9.80 Å². The molecule has 1 aliphatic carbocycles. The van der Waals surface area contributed by atoms with Crippen molar-refractivity contribution in [1.82, 2.24) is 0 Å². The van der Waals surface area contributed by atoms with Crippen LogP contribution in [-0.4, -0.2) is 11.9 Å². The van der Waals surface area contributed by atoms with Crippen molar-refractivity contribution in [3.8, 4) is 11.5 Å². The Morgan fingerprint density at radius 3 is 1.23 bits per heavy atom. The summed E-state index contributed by atoms with van der Waals surface area (Å²) >= 11 is 0. The number of carbonyl (C=O) groups excluding carboxylic acids is 2. The number of esters is 2. The minimum Gasteiger partial charge on any atom is -0.423 e. The largest absolute Gasteiger partial charge is 0.423 e. The van der Waals surface area contributed by atoms with Crippen molar-refractivity contribution in [2.45, 2.75) is 92.9 Å². The predicted molar refractivity (Wildman–Crippen MR) is 256 cm³/mol. The molecular weight excluding hydrogens is 765 g/mol. The van der Waals surface area contributed by atoms with Crippen LogP contribution < -0.4 is 19.3 Å². The fourth-order valence-electron chi connectivity index (χ4n) is 9.11. The molecule has 6 nitrogen and oxygen atoms in total. The maximum absolute atomic E-state index is 12.4. The molecule has 1 aliphatic rings. The number of ether oxygens (including phenoxy) is 2. The van der Waals surface area contributed by atoms with Gasteiger partial charge in [-0.25, -0.2) is 9.59 Å². The molecule has 316 valence electrons. The van der Waals surface area contributed by atoms with Gasteiger partial charge < -0.3 is 19.3 Å². The van der Waals surface area contributed by atoms with Gasteiger partial charge in [0.05, 0.1) is 11.4 Å². The molecule has 0 amide bonds. The monoisotopic (exact) mass is 822 g/mol. The quantitative estimate of drug-likeness (QED) is 0.0696. The van der Waals surface area contributed by atoms with Crippen LogP contribution in [0.2, 0.25) is 0 Å². The van der Waals surface area contributed by atoms with Crippen LogP contribution in [0.15, 0.2) is 135 Å². The summed E-state index contributed by atoms with van der Waals surface area (Å²) in [5.74, 6) is 0.0701. The first kappa shape index (κ1) is 43.4. The molecule has 0 unspecified atom stereocenters. The zero-order valence-electron chi connectivity index (χ0n) is 37.5. The van der Waals surface area contributed by atoms with E-state index >= 15 is 0 Å². The molecule has 7 rings (SSSR count). The Labute approximate surface area is 368 Å². The lowest BCUT2D eigenvalue weighted by molar-refractivity contribution is -0.129. The zero-order valence-corrected chi connectivity index (χ0v) is 37.5. The van der Waals surface area contributed by atoms with Gasteiger partial charge in [0.2, 0.25) is 0 Å². The van der Waals surface area contributed by atoms with E-state index in [0.29, 0.717) is 11.5 Å². The summed E-state index contributed by atoms with van der Waals surface area (Å²) in [6.07, 6.45) is 8.02. The summed E-state index contributed by atoms with van der Waals surface area (Å²) in [4.78, 5) is 29.3. The Balaban J connectivity index is 1.31. The highest BCUT2D eigenvalue weighted by atomic mass is 16.5. The highest BCUT2D eigenvalue weighted by Crippen LogP contribution is 2.48. The van der Waals surface area contributed by atoms with Crippen LogP contribution in [-0.2, 0) is 15.0 Å². The standard InChI is InChI=1S/C56H58N2O4/c1-11-54(59)61-52-34-48(32-38(5)42(52)9)57(50-26-16-36(3)30-40(50)7)46-22-18-44(19-23-46)56(28-14-13-15-29-56)45-20-24-47(25-21-45)58(51-27-17-37(4)31-41(51)8)49-33-39(6)43(10)53(35-49)62-55(60)12-2/h11-12,16-27,30-35H,1-2,13-15,28-29H2,3-10H3. The van der Waals surface area contributed by atoms with Gasteiger partial charge in [-0.15, -0.1) is 0 Å². The molecule has 0 bridgehead atoms. The lowest BCUT2D eigenvalue weighted by Crippen LogP contribution is -2.30. The Hall–Kier alpha value is -6.66. The van der Waals surface area contributed by atoms with E-state index < -0.39 is 11.9 Å². The van der Waals surface area contributed by atoms with Crippen molar-refractivity contribution >= 4 is 46.1 Å². The van der Waals surface area contributed by atoms with Crippen LogP contribution in [0.5, 0.6) is 11.5 Å². The van der Waals surface area contributed by atoms with Gasteiger partial charge in [0, 0.05) is 52.4 Å². The molecule has 1 fully saturated rings. The SMILES string of the molecule is C=CC(=O)Oc1cc(N(c2ccc(C3(c4ccc(N(c5cc(C)c(C)c(OC(=O)C=C)c5)c5ccc(C)cc5C)cc4)CCCCC3)cc2)c2ccc(C)cc2C)cc(C)c1C. The predicted octanol–water partition coefficient (Wildman–Crippen LogP) is 14.5. The maximum Gasteiger partial charge on any atom is 0.335 e. The third-order valence-electron chi connectivity index (χ3n) is 12.7. The second-order valence-corrected chi connectivity index (χ2v) is 17.0. The molecule has 1 saturated carbocycles. The molecule has 0 radical (unpaired) electrons. The van der Waals surface area contributed by atoms with Gasteiger partial charge >= 0.3 is 11.9 Å². The molecule has 0 saturated heterocycles. The summed E-state index contributed by atoms with van der Waals surface area (Å²) in [7, 11) is 0. The number of anilines is 6. The minimum absolute atomic E-state index is 0.163. The number of aryl methyl sites for hydroxylation is 6. The Bertz CT molecular complexity index is 2490. The third kappa shape index (κ3) is 8.73. The second kappa shape index (κ2) is 18.1. The molecule has 0 atom stereocenters. The van der Waals surface area contributed by atoms with Crippen LogP contribution in [0.3, 0.4) is 0 Å². The van der Waals surface area contributed by atoms with Crippen molar-refractivity contribution in [1.29, 1.82) is 0 Å². The van der Waals surface area contributed by atoms with E-state index in [1.165, 1.54) is 40.8 Å². The first-order chi connectivity index (χ1) is 29.7. The molecule has 62 heavy (non-hydrogen) atoms. The van der Waals surface area contributed by atoms with Crippen molar-refractivity contribution in [3.63, 3.8) is 0 Å². The highest BCUT2D eigenvalue weighted by molar-refractivity contribution is 5.86. The van der Waals surface area contributed by atoms with E-state index in [9.17, 15) is 9.59 Å². The van der Waals surface area contributed by atoms with E-state index in [-0.39, 0.29) is 5.41 Å². The summed E-state index contributed by atoms with van der Waals surface area (Å²) in [5.41, 5.74) is 16.9. The Morgan fingerprint density at radius 1 is 0.484 bits per heavy atom. The lowest BCUT2D eigenvalue weighted by atomic mass is 9.65. The van der Waals surface area contributed by atoms with E-state index in [4.69, 9.17) is 9.47 Å². The number of nitrogens with zero attached hydrogens (tertiary/aromatic N) is 2. The van der Waals surface area contributed by atoms with Gasteiger partial charge in [0.1, 0.15) is 11.5 Å². The van der Waals surface area contributed by atoms with Crippen molar-refractivity contribution in [3.05, 3.63) is 190 Å². The topological polar surface area (TPSA) is 59.1 Å². The van der Waals surface area contributed by atoms with Gasteiger partial charge in [0.15, 0.2) is 0 Å². The molecule has 0 heterocycles. The summed E-state index contributed by atoms with van der Waals surface area (Å²) < 4.78 is 11.5. The number of hydrogen-bond donors (Lipinski definition) is 0. The van der Waals surface area contributed by atoms with E-state index in [1.54, 1.807) is 0 Å². The molecule has 0 spiro atoms. The summed E-state index contributed by atoms with van der Waals surface area (Å²) in [6, 6.07) is 39.5. The zero-order chi connectivity index (χ0) is 44.3. The van der Waals surface area contributed by atoms with Crippen LogP contribution in [0.1, 0.15) is 87.7 Å². The fourth-order valence-corrected chi connectivity index (χ4v) is 9.11. The molecular formula is C56H58N2O4. The van der Waals surface area contributed by atoms with Crippen LogP contribution in [0.25, 0.3) is 0 Å². The maximum atomic E-state index is 12.4. The second-order valence-electron chi connectivity index (χ2n) is 17.0. The molecule has 0 aromatic heterocycles. The lowest BCUT2D eigenvalue weighted by Gasteiger charge is -2.39. The van der Waals surface area contributed by atoms with Gasteiger partial charge in [0.25, 0.3) is 0 Å². The first-order valence-electron chi connectivity index (χ1n) is 21.6. The number of benzene rings is 6. The van der Waals surface area contributed by atoms with E-state index in [2.05, 4.69) is 148 Å². The number of rotatable bonds is 12. The fraction of sp³-hybridized carbons (Fsp3) is 0.250. The highest BCUT2D eigenvalue weighted by Gasteiger charge is 2.36. The van der Waals surface area contributed by atoms with Crippen LogP contribution in [0.4, 0.5) is 34.1 Å².